The van der Waals surface area contributed by atoms with Crippen LogP contribution in [0.1, 0.15) is 27.7 Å². The number of ether oxygens (including phenoxy) is 5. The normalized spacial score (nSPS) is 24.8. The standard InChI is InChI=1S/C21H27NO10/c1-11(23)22(15-6-8-16(28-5)9-7-15)18-20(31-14(4)26)19(30-13(3)25)17(32-21(18)27)10-29-12(2)24/h6-9,17-21,27H,10H2,1-5H3/t17-,18-,19-,20-,21-/m1/s1. The van der Waals surface area contributed by atoms with Crippen molar-refractivity contribution in [1.82, 2.24) is 0 Å². The molecule has 1 aliphatic heterocycles. The second kappa shape index (κ2) is 10.9. The summed E-state index contributed by atoms with van der Waals surface area (Å²) in [6.45, 7) is 4.33. The van der Waals surface area contributed by atoms with Crippen LogP contribution in [0, 0.1) is 0 Å². The molecule has 1 aliphatic rings. The number of carbonyl (C=O) groups excluding carboxylic acids is 4. The van der Waals surface area contributed by atoms with Gasteiger partial charge in [0, 0.05) is 33.4 Å². The zero-order valence-corrected chi connectivity index (χ0v) is 18.5. The Morgan fingerprint density at radius 1 is 0.938 bits per heavy atom. The number of anilines is 1. The van der Waals surface area contributed by atoms with Crippen LogP contribution in [0.3, 0.4) is 0 Å². The zero-order chi connectivity index (χ0) is 24.0. The third-order valence-electron chi connectivity index (χ3n) is 4.68. The lowest BCUT2D eigenvalue weighted by Crippen LogP contribution is -2.67. The van der Waals surface area contributed by atoms with Crippen LogP contribution in [0.4, 0.5) is 5.69 Å². The maximum Gasteiger partial charge on any atom is 0.303 e. The summed E-state index contributed by atoms with van der Waals surface area (Å²) < 4.78 is 26.4. The second-order valence-corrected chi connectivity index (χ2v) is 7.09. The average molecular weight is 453 g/mol. The Kier molecular flexibility index (Phi) is 8.56. The van der Waals surface area contributed by atoms with Gasteiger partial charge in [-0.2, -0.15) is 0 Å². The minimum Gasteiger partial charge on any atom is -0.497 e. The van der Waals surface area contributed by atoms with Gasteiger partial charge in [0.05, 0.1) is 7.11 Å². The molecule has 1 aromatic carbocycles. The molecule has 176 valence electrons. The number of carbonyl (C=O) groups is 4. The summed E-state index contributed by atoms with van der Waals surface area (Å²) in [7, 11) is 1.49. The summed E-state index contributed by atoms with van der Waals surface area (Å²) in [5, 5.41) is 10.8. The van der Waals surface area contributed by atoms with Gasteiger partial charge in [-0.25, -0.2) is 0 Å². The molecule has 1 aromatic rings. The monoisotopic (exact) mass is 453 g/mol. The number of amides is 1. The largest absolute Gasteiger partial charge is 0.497 e. The topological polar surface area (TPSA) is 138 Å². The lowest BCUT2D eigenvalue weighted by molar-refractivity contribution is -0.260. The Hall–Kier alpha value is -3.18. The van der Waals surface area contributed by atoms with Crippen molar-refractivity contribution >= 4 is 29.5 Å². The van der Waals surface area contributed by atoms with E-state index in [4.69, 9.17) is 23.7 Å². The molecule has 11 heteroatoms. The highest BCUT2D eigenvalue weighted by atomic mass is 16.7. The van der Waals surface area contributed by atoms with Gasteiger partial charge in [0.2, 0.25) is 5.91 Å². The van der Waals surface area contributed by atoms with Crippen molar-refractivity contribution in [3.05, 3.63) is 24.3 Å². The van der Waals surface area contributed by atoms with Gasteiger partial charge < -0.3 is 33.7 Å². The fourth-order valence-corrected chi connectivity index (χ4v) is 3.48. The number of rotatable bonds is 7. The van der Waals surface area contributed by atoms with Crippen molar-refractivity contribution in [1.29, 1.82) is 0 Å². The van der Waals surface area contributed by atoms with Crippen molar-refractivity contribution in [3.63, 3.8) is 0 Å². The van der Waals surface area contributed by atoms with Gasteiger partial charge in [0.15, 0.2) is 18.5 Å². The van der Waals surface area contributed by atoms with Crippen molar-refractivity contribution in [2.75, 3.05) is 18.6 Å². The summed E-state index contributed by atoms with van der Waals surface area (Å²) in [4.78, 5) is 48.7. The van der Waals surface area contributed by atoms with Gasteiger partial charge in [0.1, 0.15) is 24.5 Å². The van der Waals surface area contributed by atoms with E-state index >= 15 is 0 Å². The molecule has 0 saturated carbocycles. The van der Waals surface area contributed by atoms with Crippen LogP contribution in [0.2, 0.25) is 0 Å². The molecule has 0 spiro atoms. The Morgan fingerprint density at radius 3 is 1.97 bits per heavy atom. The smallest absolute Gasteiger partial charge is 0.303 e. The quantitative estimate of drug-likeness (QED) is 0.460. The van der Waals surface area contributed by atoms with E-state index < -0.39 is 54.5 Å². The molecule has 0 unspecified atom stereocenters. The van der Waals surface area contributed by atoms with Crippen molar-refractivity contribution in [2.24, 2.45) is 0 Å². The fourth-order valence-electron chi connectivity index (χ4n) is 3.48. The van der Waals surface area contributed by atoms with Crippen LogP contribution in [0.25, 0.3) is 0 Å². The minimum atomic E-state index is -1.67. The van der Waals surface area contributed by atoms with Gasteiger partial charge >= 0.3 is 17.9 Å². The Labute approximate surface area is 185 Å². The summed E-state index contributed by atoms with van der Waals surface area (Å²) in [5.41, 5.74) is 0.350. The first-order valence-electron chi connectivity index (χ1n) is 9.80. The fraction of sp³-hybridized carbons (Fsp3) is 0.524. The molecule has 11 nitrogen and oxygen atoms in total. The summed E-state index contributed by atoms with van der Waals surface area (Å²) in [5.74, 6) is -2.05. The van der Waals surface area contributed by atoms with Crippen molar-refractivity contribution in [3.8, 4) is 5.75 Å². The van der Waals surface area contributed by atoms with E-state index in [1.165, 1.54) is 25.9 Å². The average Bonchev–Trinajstić information content (AvgIpc) is 2.70. The molecule has 0 radical (unpaired) electrons. The molecule has 0 bridgehead atoms. The van der Waals surface area contributed by atoms with Crippen molar-refractivity contribution < 1.29 is 48.0 Å². The molecule has 1 fully saturated rings. The molecule has 1 N–H and O–H groups in total. The highest BCUT2D eigenvalue weighted by Crippen LogP contribution is 2.33. The minimum absolute atomic E-state index is 0.350. The van der Waals surface area contributed by atoms with Gasteiger partial charge in [-0.3, -0.25) is 19.2 Å². The first kappa shape index (κ1) is 25.1. The zero-order valence-electron chi connectivity index (χ0n) is 18.5. The number of aliphatic hydroxyl groups is 1. The SMILES string of the molecule is COc1ccc(N(C(C)=O)[C@@H]2[C@@H](OC(C)=O)[C@H](OC(C)=O)[C@@H](COC(C)=O)O[C@H]2O)cc1. The molecule has 2 rings (SSSR count). The third-order valence-corrected chi connectivity index (χ3v) is 4.68. The van der Waals surface area contributed by atoms with Crippen LogP contribution in [0.15, 0.2) is 24.3 Å². The molecule has 0 aliphatic carbocycles. The highest BCUT2D eigenvalue weighted by molar-refractivity contribution is 5.92. The van der Waals surface area contributed by atoms with E-state index in [-0.39, 0.29) is 6.61 Å². The van der Waals surface area contributed by atoms with Crippen LogP contribution in [-0.2, 0) is 38.1 Å². The first-order chi connectivity index (χ1) is 15.0. The van der Waals surface area contributed by atoms with Gasteiger partial charge in [-0.15, -0.1) is 0 Å². The predicted octanol–water partition coefficient (Wildman–Crippen LogP) is 0.560. The van der Waals surface area contributed by atoms with Crippen LogP contribution < -0.4 is 9.64 Å². The summed E-state index contributed by atoms with van der Waals surface area (Å²) in [6, 6.07) is 5.08. The molecule has 1 amide bonds. The lowest BCUT2D eigenvalue weighted by Gasteiger charge is -2.47. The van der Waals surface area contributed by atoms with Crippen LogP contribution in [-0.4, -0.2) is 73.3 Å². The number of methoxy groups -OCH3 is 1. The Morgan fingerprint density at radius 2 is 1.50 bits per heavy atom. The molecular weight excluding hydrogens is 426 g/mol. The van der Waals surface area contributed by atoms with Gasteiger partial charge in [-0.1, -0.05) is 0 Å². The number of hydrogen-bond acceptors (Lipinski definition) is 10. The summed E-state index contributed by atoms with van der Waals surface area (Å²) >= 11 is 0. The Bertz CT molecular complexity index is 839. The van der Waals surface area contributed by atoms with Crippen molar-refractivity contribution in [2.45, 2.75) is 58.3 Å². The van der Waals surface area contributed by atoms with Crippen LogP contribution >= 0.6 is 0 Å². The van der Waals surface area contributed by atoms with E-state index in [1.54, 1.807) is 24.3 Å². The molecule has 5 atom stereocenters. The van der Waals surface area contributed by atoms with Gasteiger partial charge in [0.25, 0.3) is 0 Å². The second-order valence-electron chi connectivity index (χ2n) is 7.09. The maximum atomic E-state index is 12.6. The number of benzene rings is 1. The number of esters is 3. The summed E-state index contributed by atoms with van der Waals surface area (Å²) in [6.07, 6.45) is -5.42. The number of aliphatic hydroxyl groups excluding tert-OH is 1. The van der Waals surface area contributed by atoms with E-state index in [2.05, 4.69) is 0 Å². The van der Waals surface area contributed by atoms with E-state index in [1.807, 2.05) is 0 Å². The first-order valence-corrected chi connectivity index (χ1v) is 9.80. The van der Waals surface area contributed by atoms with E-state index in [0.29, 0.717) is 11.4 Å². The molecule has 32 heavy (non-hydrogen) atoms. The molecular formula is C21H27NO10. The molecule has 0 aromatic heterocycles. The Balaban J connectivity index is 2.52. The predicted molar refractivity (Wildman–Crippen MR) is 109 cm³/mol. The van der Waals surface area contributed by atoms with Crippen LogP contribution in [0.5, 0.6) is 5.75 Å². The number of nitrogens with zero attached hydrogens (tertiary/aromatic N) is 1. The molecule has 1 saturated heterocycles. The third kappa shape index (κ3) is 6.17. The maximum absolute atomic E-state index is 12.6. The van der Waals surface area contributed by atoms with Gasteiger partial charge in [-0.05, 0) is 24.3 Å². The van der Waals surface area contributed by atoms with E-state index in [9.17, 15) is 24.3 Å². The number of hydrogen-bond donors (Lipinski definition) is 1. The highest BCUT2D eigenvalue weighted by Gasteiger charge is 2.53. The molecule has 1 heterocycles. The van der Waals surface area contributed by atoms with E-state index in [0.717, 1.165) is 13.8 Å². The lowest BCUT2D eigenvalue weighted by atomic mass is 9.94.